The Hall–Kier alpha value is -3.19. The number of thiocarbonyl (C=S) groups is 1. The number of ether oxygens (including phenoxy) is 3. The summed E-state index contributed by atoms with van der Waals surface area (Å²) in [6.45, 7) is 1.06. The van der Waals surface area contributed by atoms with Crippen LogP contribution in [-0.4, -0.2) is 31.3 Å². The van der Waals surface area contributed by atoms with E-state index in [1.54, 1.807) is 27.6 Å². The van der Waals surface area contributed by atoms with Gasteiger partial charge in [0, 0.05) is 23.9 Å². The molecule has 3 aromatic rings. The Labute approximate surface area is 176 Å². The Morgan fingerprint density at radius 2 is 1.66 bits per heavy atom. The van der Waals surface area contributed by atoms with E-state index in [1.165, 1.54) is 0 Å². The number of hydrogen-bond acceptors (Lipinski definition) is 5. The van der Waals surface area contributed by atoms with Crippen molar-refractivity contribution in [3.05, 3.63) is 72.2 Å². The van der Waals surface area contributed by atoms with Gasteiger partial charge in [-0.05, 0) is 60.7 Å². The molecule has 1 heterocycles. The highest BCUT2D eigenvalue weighted by molar-refractivity contribution is 7.80. The molecule has 1 N–H and O–H groups in total. The molecule has 3 rings (SSSR count). The maximum absolute atomic E-state index is 5.70. The summed E-state index contributed by atoms with van der Waals surface area (Å²) in [4.78, 5) is 2.02. The van der Waals surface area contributed by atoms with E-state index < -0.39 is 0 Å². The van der Waals surface area contributed by atoms with Crippen LogP contribution in [0.25, 0.3) is 0 Å². The molecule has 0 saturated heterocycles. The molecule has 7 heteroatoms. The molecular weight excluding hydrogens is 388 g/mol. The van der Waals surface area contributed by atoms with Gasteiger partial charge in [0.15, 0.2) is 5.11 Å². The van der Waals surface area contributed by atoms with Crippen LogP contribution >= 0.6 is 12.2 Å². The van der Waals surface area contributed by atoms with E-state index in [-0.39, 0.29) is 0 Å². The van der Waals surface area contributed by atoms with E-state index >= 15 is 0 Å². The molecule has 2 aromatic carbocycles. The molecule has 6 nitrogen and oxygen atoms in total. The lowest BCUT2D eigenvalue weighted by atomic mass is 10.1. The molecule has 0 aliphatic heterocycles. The summed E-state index contributed by atoms with van der Waals surface area (Å²) in [6.07, 6.45) is 1.65. The van der Waals surface area contributed by atoms with Gasteiger partial charge in [-0.25, -0.2) is 0 Å². The van der Waals surface area contributed by atoms with E-state index in [0.717, 1.165) is 34.3 Å². The Morgan fingerprint density at radius 1 is 0.931 bits per heavy atom. The van der Waals surface area contributed by atoms with Crippen LogP contribution in [0.3, 0.4) is 0 Å². The summed E-state index contributed by atoms with van der Waals surface area (Å²) in [5.41, 5.74) is 1.86. The third kappa shape index (κ3) is 5.42. The third-order valence-corrected chi connectivity index (χ3v) is 4.77. The van der Waals surface area contributed by atoms with E-state index in [9.17, 15) is 0 Å². The highest BCUT2D eigenvalue weighted by atomic mass is 32.1. The first-order valence-corrected chi connectivity index (χ1v) is 9.47. The molecule has 152 valence electrons. The van der Waals surface area contributed by atoms with Gasteiger partial charge in [0.25, 0.3) is 0 Å². The quantitative estimate of drug-likeness (QED) is 0.538. The third-order valence-electron chi connectivity index (χ3n) is 4.41. The first-order valence-electron chi connectivity index (χ1n) is 9.06. The van der Waals surface area contributed by atoms with Crippen LogP contribution in [0.1, 0.15) is 11.3 Å². The summed E-state index contributed by atoms with van der Waals surface area (Å²) in [5, 5.41) is 3.85. The number of anilines is 1. The van der Waals surface area contributed by atoms with Crippen molar-refractivity contribution in [2.45, 2.75) is 13.1 Å². The zero-order valence-electron chi connectivity index (χ0n) is 16.7. The van der Waals surface area contributed by atoms with Crippen LogP contribution in [0.4, 0.5) is 5.69 Å². The fraction of sp³-hybridized carbons (Fsp3) is 0.227. The molecule has 0 saturated carbocycles. The summed E-state index contributed by atoms with van der Waals surface area (Å²) in [6, 6.07) is 17.1. The number of hydrogen-bond donors (Lipinski definition) is 1. The van der Waals surface area contributed by atoms with E-state index in [4.69, 9.17) is 30.8 Å². The van der Waals surface area contributed by atoms with Crippen molar-refractivity contribution in [1.29, 1.82) is 0 Å². The molecule has 0 fully saturated rings. The second kappa shape index (κ2) is 9.84. The lowest BCUT2D eigenvalue weighted by Crippen LogP contribution is -2.33. The van der Waals surface area contributed by atoms with Gasteiger partial charge in [0.2, 0.25) is 0 Å². The molecule has 0 atom stereocenters. The minimum absolute atomic E-state index is 0.518. The van der Waals surface area contributed by atoms with E-state index in [0.29, 0.717) is 18.2 Å². The Bertz CT molecular complexity index is 926. The van der Waals surface area contributed by atoms with Crippen LogP contribution in [-0.2, 0) is 13.1 Å². The Morgan fingerprint density at radius 3 is 2.28 bits per heavy atom. The minimum atomic E-state index is 0.518. The van der Waals surface area contributed by atoms with Crippen molar-refractivity contribution in [1.82, 2.24) is 4.90 Å². The van der Waals surface area contributed by atoms with Gasteiger partial charge in [-0.1, -0.05) is 0 Å². The van der Waals surface area contributed by atoms with Crippen molar-refractivity contribution >= 4 is 23.0 Å². The van der Waals surface area contributed by atoms with Gasteiger partial charge in [0.1, 0.15) is 23.0 Å². The van der Waals surface area contributed by atoms with E-state index in [1.807, 2.05) is 59.5 Å². The lowest BCUT2D eigenvalue weighted by molar-refractivity contribution is 0.346. The Kier molecular flexibility index (Phi) is 6.97. The second-order valence-electron chi connectivity index (χ2n) is 6.27. The maximum Gasteiger partial charge on any atom is 0.174 e. The van der Waals surface area contributed by atoms with Crippen molar-refractivity contribution in [3.8, 4) is 17.2 Å². The van der Waals surface area contributed by atoms with Crippen molar-refractivity contribution < 1.29 is 18.6 Å². The monoisotopic (exact) mass is 412 g/mol. The normalized spacial score (nSPS) is 10.3. The molecule has 29 heavy (non-hydrogen) atoms. The highest BCUT2D eigenvalue weighted by Gasteiger charge is 2.16. The fourth-order valence-electron chi connectivity index (χ4n) is 2.86. The number of benzene rings is 2. The number of furan rings is 1. The maximum atomic E-state index is 5.70. The summed E-state index contributed by atoms with van der Waals surface area (Å²) < 4.78 is 21.6. The summed E-state index contributed by atoms with van der Waals surface area (Å²) in [5.74, 6) is 3.08. The van der Waals surface area contributed by atoms with Crippen LogP contribution in [0.5, 0.6) is 17.2 Å². The standard InChI is InChI=1S/C22H24N2O4S/c1-25-18-10-7-17(8-11-18)23-22(29)24(15-20-5-4-12-28-20)14-16-6-9-19(26-2)13-21(16)27-3/h4-13H,14-15H2,1-3H3,(H,23,29). The molecule has 0 aliphatic rings. The van der Waals surface area contributed by atoms with Crippen molar-refractivity contribution in [3.63, 3.8) is 0 Å². The molecular formula is C22H24N2O4S. The smallest absolute Gasteiger partial charge is 0.174 e. The number of nitrogens with zero attached hydrogens (tertiary/aromatic N) is 1. The zero-order chi connectivity index (χ0) is 20.6. The van der Waals surface area contributed by atoms with Gasteiger partial charge < -0.3 is 28.8 Å². The molecule has 1 aromatic heterocycles. The predicted molar refractivity (Wildman–Crippen MR) is 117 cm³/mol. The van der Waals surface area contributed by atoms with Crippen molar-refractivity contribution in [2.24, 2.45) is 0 Å². The second-order valence-corrected chi connectivity index (χ2v) is 6.66. The SMILES string of the molecule is COc1ccc(NC(=S)N(Cc2ccco2)Cc2ccc(OC)cc2OC)cc1. The number of rotatable bonds is 8. The van der Waals surface area contributed by atoms with Crippen LogP contribution in [0.2, 0.25) is 0 Å². The lowest BCUT2D eigenvalue weighted by Gasteiger charge is -2.26. The average molecular weight is 413 g/mol. The molecule has 0 unspecified atom stereocenters. The van der Waals surface area contributed by atoms with E-state index in [2.05, 4.69) is 5.32 Å². The fourth-order valence-corrected chi connectivity index (χ4v) is 3.10. The van der Waals surface area contributed by atoms with Gasteiger partial charge >= 0.3 is 0 Å². The topological polar surface area (TPSA) is 56.1 Å². The first-order chi connectivity index (χ1) is 14.1. The largest absolute Gasteiger partial charge is 0.497 e. The van der Waals surface area contributed by atoms with Crippen LogP contribution in [0, 0.1) is 0 Å². The molecule has 0 radical (unpaired) electrons. The van der Waals surface area contributed by atoms with Crippen LogP contribution < -0.4 is 19.5 Å². The highest BCUT2D eigenvalue weighted by Crippen LogP contribution is 2.27. The first kappa shape index (κ1) is 20.5. The van der Waals surface area contributed by atoms with Gasteiger partial charge in [-0.15, -0.1) is 0 Å². The molecule has 0 spiro atoms. The van der Waals surface area contributed by atoms with Gasteiger partial charge in [-0.3, -0.25) is 0 Å². The minimum Gasteiger partial charge on any atom is -0.497 e. The Balaban J connectivity index is 1.81. The van der Waals surface area contributed by atoms with Gasteiger partial charge in [0.05, 0.1) is 34.1 Å². The summed E-state index contributed by atoms with van der Waals surface area (Å²) >= 11 is 5.70. The zero-order valence-corrected chi connectivity index (χ0v) is 17.5. The molecule has 0 aliphatic carbocycles. The van der Waals surface area contributed by atoms with Crippen LogP contribution in [0.15, 0.2) is 65.3 Å². The molecule has 0 bridgehead atoms. The van der Waals surface area contributed by atoms with Gasteiger partial charge in [-0.2, -0.15) is 0 Å². The summed E-state index contributed by atoms with van der Waals surface area (Å²) in [7, 11) is 4.91. The van der Waals surface area contributed by atoms with Crippen molar-refractivity contribution in [2.75, 3.05) is 26.6 Å². The average Bonchev–Trinajstić information content (AvgIpc) is 3.27. The number of methoxy groups -OCH3 is 3. The number of nitrogens with one attached hydrogen (secondary N) is 1. The molecule has 0 amide bonds. The predicted octanol–water partition coefficient (Wildman–Crippen LogP) is 4.70.